The Balaban J connectivity index is 2.38. The molecule has 0 aliphatic carbocycles. The molecule has 0 spiro atoms. The van der Waals surface area contributed by atoms with Crippen molar-refractivity contribution in [3.63, 3.8) is 0 Å². The minimum absolute atomic E-state index is 0.275. The fraction of sp³-hybridized carbons (Fsp3) is 0.273. The summed E-state index contributed by atoms with van der Waals surface area (Å²) in [6.45, 7) is 3.09. The van der Waals surface area contributed by atoms with Gasteiger partial charge in [-0.1, -0.05) is 6.92 Å². The van der Waals surface area contributed by atoms with Crippen LogP contribution >= 0.6 is 77.1 Å². The second-order valence-electron chi connectivity index (χ2n) is 3.45. The summed E-state index contributed by atoms with van der Waals surface area (Å²) in [4.78, 5) is 0. The molecule has 17 heavy (non-hydrogen) atoms. The molecule has 0 bridgehead atoms. The van der Waals surface area contributed by atoms with Gasteiger partial charge in [0, 0.05) is 0 Å². The van der Waals surface area contributed by atoms with Crippen LogP contribution in [0.3, 0.4) is 0 Å². The van der Waals surface area contributed by atoms with Gasteiger partial charge in [0.25, 0.3) is 0 Å². The molecular weight excluding hydrogens is 497 g/mol. The molecule has 2 rings (SSSR count). The van der Waals surface area contributed by atoms with Crippen molar-refractivity contribution in [2.75, 3.05) is 6.54 Å². The maximum Gasteiger partial charge on any atom is 0.0761 e. The molecule has 0 saturated carbocycles. The first-order valence-electron chi connectivity index (χ1n) is 5.04. The van der Waals surface area contributed by atoms with Crippen molar-refractivity contribution in [1.82, 2.24) is 5.32 Å². The molecule has 0 aliphatic rings. The van der Waals surface area contributed by atoms with Crippen LogP contribution in [0.15, 0.2) is 25.1 Å². The fourth-order valence-electron chi connectivity index (χ4n) is 1.64. The van der Waals surface area contributed by atoms with Crippen LogP contribution in [-0.2, 0) is 0 Å². The highest BCUT2D eigenvalue weighted by Crippen LogP contribution is 2.38. The quantitative estimate of drug-likeness (QED) is 0.529. The molecule has 1 nitrogen and oxygen atoms in total. The summed E-state index contributed by atoms with van der Waals surface area (Å²) >= 11 is 13.1. The lowest BCUT2D eigenvalue weighted by Crippen LogP contribution is -2.21. The average molecular weight is 507 g/mol. The fourth-order valence-corrected chi connectivity index (χ4v) is 5.94. The molecule has 6 heteroatoms. The minimum atomic E-state index is 0.275. The molecule has 0 saturated heterocycles. The predicted molar refractivity (Wildman–Crippen MR) is 92.3 cm³/mol. The first-order valence-corrected chi connectivity index (χ1v) is 9.40. The zero-order valence-electron chi connectivity index (χ0n) is 8.97. The van der Waals surface area contributed by atoms with Gasteiger partial charge in [-0.25, -0.2) is 0 Å². The Labute approximate surface area is 139 Å². The molecule has 1 atom stereocenters. The van der Waals surface area contributed by atoms with Crippen LogP contribution in [0.4, 0.5) is 0 Å². The third kappa shape index (κ3) is 3.54. The summed E-state index contributed by atoms with van der Waals surface area (Å²) in [6, 6.07) is 4.71. The molecule has 92 valence electrons. The SMILES string of the molecule is CCNC(c1csc(I)c1)c1cc(Br)sc1Br. The molecule has 0 aromatic carbocycles. The van der Waals surface area contributed by atoms with Crippen molar-refractivity contribution in [2.24, 2.45) is 0 Å². The van der Waals surface area contributed by atoms with Crippen molar-refractivity contribution in [3.05, 3.63) is 39.1 Å². The topological polar surface area (TPSA) is 12.0 Å². The van der Waals surface area contributed by atoms with Crippen molar-refractivity contribution in [3.8, 4) is 0 Å². The van der Waals surface area contributed by atoms with E-state index in [0.29, 0.717) is 0 Å². The molecular formula is C11H10Br2INS2. The zero-order valence-corrected chi connectivity index (χ0v) is 15.9. The molecule has 1 N–H and O–H groups in total. The van der Waals surface area contributed by atoms with E-state index in [1.807, 2.05) is 0 Å². The lowest BCUT2D eigenvalue weighted by atomic mass is 10.1. The highest BCUT2D eigenvalue weighted by Gasteiger charge is 2.19. The Morgan fingerprint density at radius 3 is 2.65 bits per heavy atom. The molecule has 0 fully saturated rings. The monoisotopic (exact) mass is 505 g/mol. The van der Waals surface area contributed by atoms with E-state index in [-0.39, 0.29) is 6.04 Å². The number of halogens is 3. The number of hydrogen-bond acceptors (Lipinski definition) is 3. The van der Waals surface area contributed by atoms with E-state index >= 15 is 0 Å². The number of hydrogen-bond donors (Lipinski definition) is 1. The van der Waals surface area contributed by atoms with Gasteiger partial charge in [0.2, 0.25) is 0 Å². The summed E-state index contributed by atoms with van der Waals surface area (Å²) in [6.07, 6.45) is 0. The van der Waals surface area contributed by atoms with E-state index in [4.69, 9.17) is 0 Å². The second kappa shape index (κ2) is 6.47. The van der Waals surface area contributed by atoms with Crippen molar-refractivity contribution >= 4 is 77.1 Å². The molecule has 0 radical (unpaired) electrons. The van der Waals surface area contributed by atoms with E-state index in [1.54, 1.807) is 22.7 Å². The van der Waals surface area contributed by atoms with Crippen molar-refractivity contribution in [1.29, 1.82) is 0 Å². The standard InChI is InChI=1S/C11H10Br2INS2/c1-2-15-10(6-3-9(14)16-5-6)7-4-8(12)17-11(7)13/h3-5,10,15H,2H2,1H3. The maximum atomic E-state index is 3.64. The first kappa shape index (κ1) is 14.5. The van der Waals surface area contributed by atoms with Gasteiger partial charge in [0.05, 0.1) is 16.5 Å². The Bertz CT molecular complexity index is 509. The smallest absolute Gasteiger partial charge is 0.0761 e. The summed E-state index contributed by atoms with van der Waals surface area (Å²) in [5.74, 6) is 0. The highest BCUT2D eigenvalue weighted by molar-refractivity contribution is 14.1. The van der Waals surface area contributed by atoms with E-state index in [9.17, 15) is 0 Å². The Kier molecular flexibility index (Phi) is 5.50. The molecule has 2 aromatic heterocycles. The summed E-state index contributed by atoms with van der Waals surface area (Å²) < 4.78 is 3.68. The Morgan fingerprint density at radius 2 is 2.18 bits per heavy atom. The van der Waals surface area contributed by atoms with E-state index < -0.39 is 0 Å². The third-order valence-electron chi connectivity index (χ3n) is 2.32. The average Bonchev–Trinajstić information content (AvgIpc) is 2.82. The highest BCUT2D eigenvalue weighted by atomic mass is 127. The van der Waals surface area contributed by atoms with Crippen LogP contribution in [0.5, 0.6) is 0 Å². The van der Waals surface area contributed by atoms with Crippen molar-refractivity contribution in [2.45, 2.75) is 13.0 Å². The van der Waals surface area contributed by atoms with Gasteiger partial charge in [-0.15, -0.1) is 22.7 Å². The van der Waals surface area contributed by atoms with Gasteiger partial charge in [0.1, 0.15) is 0 Å². The Morgan fingerprint density at radius 1 is 1.41 bits per heavy atom. The van der Waals surface area contributed by atoms with Crippen LogP contribution < -0.4 is 5.32 Å². The minimum Gasteiger partial charge on any atom is -0.306 e. The van der Waals surface area contributed by atoms with Gasteiger partial charge >= 0.3 is 0 Å². The number of nitrogens with one attached hydrogen (secondary N) is 1. The summed E-state index contributed by atoms with van der Waals surface area (Å²) in [7, 11) is 0. The van der Waals surface area contributed by atoms with Crippen LogP contribution in [-0.4, -0.2) is 6.54 Å². The molecule has 1 unspecified atom stereocenters. The number of thiophene rings is 2. The van der Waals surface area contributed by atoms with Gasteiger partial charge in [-0.05, 0) is 89.6 Å². The van der Waals surface area contributed by atoms with Gasteiger partial charge < -0.3 is 5.32 Å². The van der Waals surface area contributed by atoms with Crippen LogP contribution in [0, 0.1) is 2.88 Å². The van der Waals surface area contributed by atoms with Crippen LogP contribution in [0.25, 0.3) is 0 Å². The normalized spacial score (nSPS) is 12.9. The molecule has 2 heterocycles. The first-order chi connectivity index (χ1) is 8.11. The van der Waals surface area contributed by atoms with Gasteiger partial charge in [-0.2, -0.15) is 0 Å². The van der Waals surface area contributed by atoms with Gasteiger partial charge in [-0.3, -0.25) is 0 Å². The lowest BCUT2D eigenvalue weighted by Gasteiger charge is -2.16. The third-order valence-corrected chi connectivity index (χ3v) is 6.52. The summed E-state index contributed by atoms with van der Waals surface area (Å²) in [5, 5.41) is 5.77. The van der Waals surface area contributed by atoms with Crippen molar-refractivity contribution < 1.29 is 0 Å². The van der Waals surface area contributed by atoms with Crippen LogP contribution in [0.1, 0.15) is 24.1 Å². The Hall–Kier alpha value is 1.05. The molecule has 0 amide bonds. The lowest BCUT2D eigenvalue weighted by molar-refractivity contribution is 0.632. The molecule has 2 aromatic rings. The maximum absolute atomic E-state index is 3.64. The summed E-state index contributed by atoms with van der Waals surface area (Å²) in [5.41, 5.74) is 2.64. The van der Waals surface area contributed by atoms with E-state index in [1.165, 1.54) is 17.8 Å². The molecule has 0 aliphatic heterocycles. The van der Waals surface area contributed by atoms with Gasteiger partial charge in [0.15, 0.2) is 0 Å². The number of rotatable bonds is 4. The largest absolute Gasteiger partial charge is 0.306 e. The van der Waals surface area contributed by atoms with E-state index in [2.05, 4.69) is 84.2 Å². The predicted octanol–water partition coefficient (Wildman–Crippen LogP) is 5.64. The van der Waals surface area contributed by atoms with Crippen LogP contribution in [0.2, 0.25) is 0 Å². The zero-order chi connectivity index (χ0) is 12.4. The second-order valence-corrected chi connectivity index (χ2v) is 10.0. The van der Waals surface area contributed by atoms with E-state index in [0.717, 1.165) is 10.3 Å².